The highest BCUT2D eigenvalue weighted by molar-refractivity contribution is 5.86. The summed E-state index contributed by atoms with van der Waals surface area (Å²) in [6.07, 6.45) is 0.473. The van der Waals surface area contributed by atoms with E-state index in [9.17, 15) is 15.2 Å². The number of nitrogens with two attached hydrogens (primary N) is 1. The van der Waals surface area contributed by atoms with Crippen LogP contribution in [0.25, 0.3) is 0 Å². The summed E-state index contributed by atoms with van der Waals surface area (Å²) in [6.45, 7) is 2.06. The highest BCUT2D eigenvalue weighted by Gasteiger charge is 2.37. The first-order chi connectivity index (χ1) is 15.9. The van der Waals surface area contributed by atoms with E-state index in [1.54, 1.807) is 24.3 Å². The van der Waals surface area contributed by atoms with Gasteiger partial charge in [-0.2, -0.15) is 10.5 Å². The van der Waals surface area contributed by atoms with Crippen LogP contribution in [-0.4, -0.2) is 40.7 Å². The van der Waals surface area contributed by atoms with Crippen LogP contribution in [0.3, 0.4) is 0 Å². The summed E-state index contributed by atoms with van der Waals surface area (Å²) in [5, 5.41) is 32.1. The summed E-state index contributed by atoms with van der Waals surface area (Å²) in [5.74, 6) is -0.310. The van der Waals surface area contributed by atoms with Gasteiger partial charge in [0.05, 0.1) is 23.2 Å². The largest absolute Gasteiger partial charge is 0.381 e. The van der Waals surface area contributed by atoms with Gasteiger partial charge in [-0.25, -0.2) is 0 Å². The van der Waals surface area contributed by atoms with Crippen molar-refractivity contribution in [2.45, 2.75) is 50.2 Å². The number of ether oxygens (including phenoxy) is 1. The van der Waals surface area contributed by atoms with E-state index < -0.39 is 17.8 Å². The molecule has 0 spiro atoms. The number of carbonyl (C=O) groups excluding carboxylic acids is 1. The molecule has 0 aromatic heterocycles. The summed E-state index contributed by atoms with van der Waals surface area (Å²) >= 11 is 0. The second-order valence-corrected chi connectivity index (χ2v) is 8.74. The lowest BCUT2D eigenvalue weighted by atomic mass is 9.90. The maximum atomic E-state index is 12.7. The van der Waals surface area contributed by atoms with Crippen molar-refractivity contribution in [3.05, 3.63) is 70.3 Å². The van der Waals surface area contributed by atoms with Gasteiger partial charge in [0.15, 0.2) is 0 Å². The number of hydrogen-bond acceptors (Lipinski definition) is 7. The highest BCUT2D eigenvalue weighted by atomic mass is 16.5. The molecule has 0 saturated carbocycles. The van der Waals surface area contributed by atoms with Gasteiger partial charge in [-0.15, -0.1) is 0 Å². The molecule has 1 unspecified atom stereocenters. The van der Waals surface area contributed by atoms with Gasteiger partial charge in [-0.3, -0.25) is 9.69 Å². The lowest BCUT2D eigenvalue weighted by molar-refractivity contribution is -0.130. The summed E-state index contributed by atoms with van der Waals surface area (Å²) in [6, 6.07) is 16.5. The molecule has 1 saturated heterocycles. The molecule has 8 nitrogen and oxygen atoms in total. The van der Waals surface area contributed by atoms with Crippen LogP contribution in [0.15, 0.2) is 42.5 Å². The molecule has 1 fully saturated rings. The minimum atomic E-state index is -0.993. The zero-order valence-corrected chi connectivity index (χ0v) is 18.3. The number of aliphatic hydroxyl groups is 1. The number of nitrogens with zero attached hydrogens (tertiary/aromatic N) is 3. The van der Waals surface area contributed by atoms with E-state index in [1.165, 1.54) is 0 Å². The molecule has 33 heavy (non-hydrogen) atoms. The van der Waals surface area contributed by atoms with Gasteiger partial charge in [0.2, 0.25) is 5.91 Å². The Balaban J connectivity index is 1.39. The van der Waals surface area contributed by atoms with Crippen molar-refractivity contribution >= 4 is 5.91 Å². The van der Waals surface area contributed by atoms with Gasteiger partial charge in [0, 0.05) is 32.7 Å². The Morgan fingerprint density at radius 2 is 1.85 bits per heavy atom. The first-order valence-corrected chi connectivity index (χ1v) is 11.0. The van der Waals surface area contributed by atoms with Crippen molar-refractivity contribution in [1.82, 2.24) is 10.2 Å². The van der Waals surface area contributed by atoms with Gasteiger partial charge in [-0.05, 0) is 47.2 Å². The monoisotopic (exact) mass is 445 g/mol. The third-order valence-electron chi connectivity index (χ3n) is 6.44. The Bertz CT molecular complexity index is 1100. The van der Waals surface area contributed by atoms with Gasteiger partial charge < -0.3 is 20.9 Å². The Labute approximate surface area is 193 Å². The molecule has 8 heteroatoms. The SMILES string of the molecule is N#Cc1ccc(C(O)N2Cc3ccc(C[C@@H](C#N)NC(=O)C4(N)CCOCC4)cc3C2)cc1. The topological polar surface area (TPSA) is 135 Å². The molecule has 2 aromatic carbocycles. The van der Waals surface area contributed by atoms with E-state index in [2.05, 4.69) is 17.5 Å². The number of rotatable bonds is 6. The number of fused-ring (bicyclic) bond motifs is 1. The minimum absolute atomic E-state index is 0.310. The molecule has 0 radical (unpaired) electrons. The maximum absolute atomic E-state index is 12.7. The number of benzene rings is 2. The van der Waals surface area contributed by atoms with Crippen molar-refractivity contribution in [1.29, 1.82) is 10.5 Å². The second kappa shape index (κ2) is 9.70. The Morgan fingerprint density at radius 1 is 1.15 bits per heavy atom. The first kappa shape index (κ1) is 22.9. The Morgan fingerprint density at radius 3 is 2.52 bits per heavy atom. The number of carbonyl (C=O) groups is 1. The Hall–Kier alpha value is -3.27. The third kappa shape index (κ3) is 5.05. The van der Waals surface area contributed by atoms with Gasteiger partial charge in [-0.1, -0.05) is 30.3 Å². The normalized spacial score (nSPS) is 19.0. The Kier molecular flexibility index (Phi) is 6.73. The molecule has 0 aliphatic carbocycles. The van der Waals surface area contributed by atoms with Crippen LogP contribution in [-0.2, 0) is 29.0 Å². The van der Waals surface area contributed by atoms with Crippen LogP contribution in [0.1, 0.15) is 46.9 Å². The van der Waals surface area contributed by atoms with Crippen LogP contribution in [0.5, 0.6) is 0 Å². The summed E-state index contributed by atoms with van der Waals surface area (Å²) in [5.41, 5.74) is 9.67. The van der Waals surface area contributed by atoms with E-state index in [-0.39, 0.29) is 5.91 Å². The fourth-order valence-corrected chi connectivity index (χ4v) is 4.34. The zero-order chi connectivity index (χ0) is 23.4. The van der Waals surface area contributed by atoms with Gasteiger partial charge in [0.25, 0.3) is 0 Å². The average Bonchev–Trinajstić information content (AvgIpc) is 3.27. The quantitative estimate of drug-likeness (QED) is 0.615. The number of aliphatic hydroxyl groups excluding tert-OH is 1. The molecule has 4 rings (SSSR count). The molecule has 2 aliphatic rings. The molecular formula is C25H27N5O3. The van der Waals surface area contributed by atoms with Crippen LogP contribution in [0.2, 0.25) is 0 Å². The molecule has 4 N–H and O–H groups in total. The van der Waals surface area contributed by atoms with E-state index in [4.69, 9.17) is 15.7 Å². The molecule has 2 heterocycles. The summed E-state index contributed by atoms with van der Waals surface area (Å²) in [4.78, 5) is 14.6. The highest BCUT2D eigenvalue weighted by Crippen LogP contribution is 2.31. The van der Waals surface area contributed by atoms with E-state index in [0.717, 1.165) is 22.3 Å². The van der Waals surface area contributed by atoms with Crippen molar-refractivity contribution in [3.63, 3.8) is 0 Å². The predicted octanol–water partition coefficient (Wildman–Crippen LogP) is 1.62. The summed E-state index contributed by atoms with van der Waals surface area (Å²) in [7, 11) is 0. The smallest absolute Gasteiger partial charge is 0.241 e. The van der Waals surface area contributed by atoms with Crippen molar-refractivity contribution in [2.75, 3.05) is 13.2 Å². The predicted molar refractivity (Wildman–Crippen MR) is 120 cm³/mol. The number of amides is 1. The minimum Gasteiger partial charge on any atom is -0.381 e. The van der Waals surface area contributed by atoms with Gasteiger partial charge >= 0.3 is 0 Å². The molecule has 1 amide bonds. The number of nitrogens with one attached hydrogen (secondary N) is 1. The van der Waals surface area contributed by atoms with E-state index >= 15 is 0 Å². The standard InChI is InChI=1S/C25H27N5O3/c26-13-17-1-4-19(5-2-17)23(31)30-15-20-6-3-18(11-21(20)16-30)12-22(14-27)29-24(32)25(28)7-9-33-10-8-25/h1-6,11,22-23,31H,7-10,12,15-16,28H2,(H,29,32)/t22-,23?/m0/s1. The van der Waals surface area contributed by atoms with Crippen molar-refractivity contribution in [3.8, 4) is 12.1 Å². The lowest BCUT2D eigenvalue weighted by Gasteiger charge is -2.32. The summed E-state index contributed by atoms with van der Waals surface area (Å²) < 4.78 is 5.29. The van der Waals surface area contributed by atoms with E-state index in [0.29, 0.717) is 51.1 Å². The van der Waals surface area contributed by atoms with Crippen molar-refractivity contribution in [2.24, 2.45) is 5.73 Å². The third-order valence-corrected chi connectivity index (χ3v) is 6.44. The molecule has 2 aromatic rings. The number of hydrogen-bond donors (Lipinski definition) is 3. The molecular weight excluding hydrogens is 418 g/mol. The fourth-order valence-electron chi connectivity index (χ4n) is 4.34. The van der Waals surface area contributed by atoms with E-state index in [1.807, 2.05) is 23.1 Å². The van der Waals surface area contributed by atoms with Crippen LogP contribution in [0.4, 0.5) is 0 Å². The molecule has 170 valence electrons. The van der Waals surface area contributed by atoms with Crippen LogP contribution >= 0.6 is 0 Å². The lowest BCUT2D eigenvalue weighted by Crippen LogP contribution is -2.58. The fraction of sp³-hybridized carbons (Fsp3) is 0.400. The number of nitriles is 2. The maximum Gasteiger partial charge on any atom is 0.241 e. The molecule has 2 aliphatic heterocycles. The zero-order valence-electron chi connectivity index (χ0n) is 18.3. The second-order valence-electron chi connectivity index (χ2n) is 8.74. The van der Waals surface area contributed by atoms with Crippen LogP contribution < -0.4 is 11.1 Å². The average molecular weight is 446 g/mol. The van der Waals surface area contributed by atoms with Crippen molar-refractivity contribution < 1.29 is 14.6 Å². The first-order valence-electron chi connectivity index (χ1n) is 11.0. The molecule has 0 bridgehead atoms. The molecule has 2 atom stereocenters. The van der Waals surface area contributed by atoms with Gasteiger partial charge in [0.1, 0.15) is 12.3 Å². The van der Waals surface area contributed by atoms with Crippen LogP contribution in [0, 0.1) is 22.7 Å².